The Hall–Kier alpha value is -1.68. The number of hydrogen-bond donors (Lipinski definition) is 0. The molecule has 0 saturated heterocycles. The van der Waals surface area contributed by atoms with E-state index in [0.717, 1.165) is 15.4 Å². The van der Waals surface area contributed by atoms with E-state index >= 15 is 0 Å². The summed E-state index contributed by atoms with van der Waals surface area (Å²) in [6, 6.07) is 6.50. The van der Waals surface area contributed by atoms with Crippen LogP contribution in [0.5, 0.6) is 0 Å². The van der Waals surface area contributed by atoms with Gasteiger partial charge in [-0.3, -0.25) is 4.40 Å². The number of benzene rings is 1. The molecule has 0 spiro atoms. The van der Waals surface area contributed by atoms with Gasteiger partial charge >= 0.3 is 0 Å². The van der Waals surface area contributed by atoms with E-state index in [2.05, 4.69) is 4.98 Å². The van der Waals surface area contributed by atoms with Crippen molar-refractivity contribution in [1.82, 2.24) is 9.38 Å². The summed E-state index contributed by atoms with van der Waals surface area (Å²) in [7, 11) is 0. The Morgan fingerprint density at radius 3 is 2.73 bits per heavy atom. The lowest BCUT2D eigenvalue weighted by molar-refractivity contribution is 0.628. The fourth-order valence-corrected chi connectivity index (χ4v) is 2.42. The molecule has 1 aromatic carbocycles. The molecule has 0 aliphatic heterocycles. The van der Waals surface area contributed by atoms with Crippen molar-refractivity contribution in [2.24, 2.45) is 0 Å². The molecule has 0 atom stereocenters. The van der Waals surface area contributed by atoms with Crippen molar-refractivity contribution in [3.8, 4) is 10.4 Å². The van der Waals surface area contributed by atoms with Gasteiger partial charge < -0.3 is 0 Å². The average Bonchev–Trinajstić information content (AvgIpc) is 2.78. The summed E-state index contributed by atoms with van der Waals surface area (Å²) in [5, 5.41) is 0. The molecule has 0 amide bonds. The van der Waals surface area contributed by atoms with Crippen LogP contribution in [-0.4, -0.2) is 9.38 Å². The molecule has 3 aromatic rings. The van der Waals surface area contributed by atoms with Gasteiger partial charge in [0.05, 0.1) is 4.88 Å². The Labute approximate surface area is 89.6 Å². The number of halogens is 1. The minimum absolute atomic E-state index is 0.208. The van der Waals surface area contributed by atoms with E-state index in [4.69, 9.17) is 0 Å². The number of fused-ring (bicyclic) bond motifs is 1. The fourth-order valence-electron chi connectivity index (χ4n) is 1.48. The highest BCUT2D eigenvalue weighted by Crippen LogP contribution is 2.27. The van der Waals surface area contributed by atoms with Crippen LogP contribution in [-0.2, 0) is 0 Å². The standard InChI is InChI=1S/C11H7FN2S/c12-9-3-1-8(2-4-9)10-7-14-6-5-13-11(14)15-10/h1-7H. The van der Waals surface area contributed by atoms with Crippen LogP contribution in [0.1, 0.15) is 0 Å². The lowest BCUT2D eigenvalue weighted by Crippen LogP contribution is -1.75. The van der Waals surface area contributed by atoms with E-state index in [1.54, 1.807) is 29.7 Å². The molecule has 0 N–H and O–H groups in total. The summed E-state index contributed by atoms with van der Waals surface area (Å²) in [5.41, 5.74) is 1.02. The third-order valence-electron chi connectivity index (χ3n) is 2.22. The summed E-state index contributed by atoms with van der Waals surface area (Å²) in [6.07, 6.45) is 5.67. The van der Waals surface area contributed by atoms with Crippen molar-refractivity contribution in [3.05, 3.63) is 48.7 Å². The summed E-state index contributed by atoms with van der Waals surface area (Å²) in [6.45, 7) is 0. The topological polar surface area (TPSA) is 17.3 Å². The highest BCUT2D eigenvalue weighted by molar-refractivity contribution is 7.20. The molecule has 0 saturated carbocycles. The van der Waals surface area contributed by atoms with E-state index in [1.807, 2.05) is 16.8 Å². The van der Waals surface area contributed by atoms with Gasteiger partial charge in [-0.15, -0.1) is 0 Å². The van der Waals surface area contributed by atoms with E-state index < -0.39 is 0 Å². The largest absolute Gasteiger partial charge is 0.297 e. The van der Waals surface area contributed by atoms with Crippen LogP contribution in [0.15, 0.2) is 42.9 Å². The third kappa shape index (κ3) is 1.43. The number of hydrogen-bond acceptors (Lipinski definition) is 2. The molecule has 3 rings (SSSR count). The normalized spacial score (nSPS) is 11.0. The van der Waals surface area contributed by atoms with E-state index in [0.29, 0.717) is 0 Å². The Balaban J connectivity index is 2.13. The molecule has 2 nitrogen and oxygen atoms in total. The lowest BCUT2D eigenvalue weighted by atomic mass is 10.2. The van der Waals surface area contributed by atoms with E-state index in [-0.39, 0.29) is 5.82 Å². The summed E-state index contributed by atoms with van der Waals surface area (Å²) in [5.74, 6) is -0.208. The first-order valence-electron chi connectivity index (χ1n) is 4.51. The SMILES string of the molecule is Fc1ccc(-c2cn3ccnc3s2)cc1. The number of imidazole rings is 1. The molecular weight excluding hydrogens is 211 g/mol. The molecule has 0 radical (unpaired) electrons. The zero-order chi connectivity index (χ0) is 10.3. The Morgan fingerprint density at radius 2 is 2.00 bits per heavy atom. The van der Waals surface area contributed by atoms with E-state index in [9.17, 15) is 4.39 Å². The first-order chi connectivity index (χ1) is 7.33. The van der Waals surface area contributed by atoms with Crippen molar-refractivity contribution in [1.29, 1.82) is 0 Å². The van der Waals surface area contributed by atoms with Crippen molar-refractivity contribution < 1.29 is 4.39 Å². The Kier molecular flexibility index (Phi) is 1.82. The maximum absolute atomic E-state index is 12.7. The molecule has 0 aliphatic rings. The second-order valence-corrected chi connectivity index (χ2v) is 4.23. The van der Waals surface area contributed by atoms with Gasteiger partial charge in [0, 0.05) is 18.6 Å². The quantitative estimate of drug-likeness (QED) is 0.613. The molecule has 0 aliphatic carbocycles. The van der Waals surface area contributed by atoms with Gasteiger partial charge in [-0.25, -0.2) is 9.37 Å². The van der Waals surface area contributed by atoms with Crippen LogP contribution in [0, 0.1) is 5.82 Å². The molecule has 0 unspecified atom stereocenters. The van der Waals surface area contributed by atoms with Gasteiger partial charge in [0.1, 0.15) is 5.82 Å². The molecule has 74 valence electrons. The molecule has 2 heterocycles. The maximum Gasteiger partial charge on any atom is 0.194 e. The van der Waals surface area contributed by atoms with Crippen molar-refractivity contribution in [3.63, 3.8) is 0 Å². The van der Waals surface area contributed by atoms with Gasteiger partial charge in [0.25, 0.3) is 0 Å². The highest BCUT2D eigenvalue weighted by atomic mass is 32.1. The van der Waals surface area contributed by atoms with Crippen molar-refractivity contribution in [2.75, 3.05) is 0 Å². The number of aromatic nitrogens is 2. The fraction of sp³-hybridized carbons (Fsp3) is 0. The monoisotopic (exact) mass is 218 g/mol. The van der Waals surface area contributed by atoms with Gasteiger partial charge in [-0.05, 0) is 17.7 Å². The molecule has 0 fully saturated rings. The van der Waals surface area contributed by atoms with E-state index in [1.165, 1.54) is 12.1 Å². The molecular formula is C11H7FN2S. The average molecular weight is 218 g/mol. The van der Waals surface area contributed by atoms with Crippen LogP contribution in [0.4, 0.5) is 4.39 Å². The summed E-state index contributed by atoms with van der Waals surface area (Å²) >= 11 is 1.59. The summed E-state index contributed by atoms with van der Waals surface area (Å²) in [4.78, 5) is 6.24. The zero-order valence-corrected chi connectivity index (χ0v) is 8.54. The van der Waals surface area contributed by atoms with Crippen LogP contribution in [0.3, 0.4) is 0 Å². The number of nitrogens with zero attached hydrogens (tertiary/aromatic N) is 2. The number of rotatable bonds is 1. The highest BCUT2D eigenvalue weighted by Gasteiger charge is 2.04. The van der Waals surface area contributed by atoms with Crippen molar-refractivity contribution in [2.45, 2.75) is 0 Å². The first kappa shape index (κ1) is 8.61. The number of thiazole rings is 1. The van der Waals surface area contributed by atoms with Crippen LogP contribution < -0.4 is 0 Å². The predicted octanol–water partition coefficient (Wildman–Crippen LogP) is 3.20. The zero-order valence-electron chi connectivity index (χ0n) is 7.72. The second-order valence-electron chi connectivity index (χ2n) is 3.22. The Morgan fingerprint density at radius 1 is 1.20 bits per heavy atom. The smallest absolute Gasteiger partial charge is 0.194 e. The van der Waals surface area contributed by atoms with Gasteiger partial charge in [-0.1, -0.05) is 23.5 Å². The minimum atomic E-state index is -0.208. The first-order valence-corrected chi connectivity index (χ1v) is 5.33. The molecule has 15 heavy (non-hydrogen) atoms. The molecule has 4 heteroatoms. The van der Waals surface area contributed by atoms with Crippen LogP contribution in [0.2, 0.25) is 0 Å². The van der Waals surface area contributed by atoms with Crippen LogP contribution in [0.25, 0.3) is 15.4 Å². The maximum atomic E-state index is 12.7. The Bertz CT molecular complexity index is 566. The second kappa shape index (κ2) is 3.17. The molecule has 0 bridgehead atoms. The summed E-state index contributed by atoms with van der Waals surface area (Å²) < 4.78 is 14.7. The predicted molar refractivity (Wildman–Crippen MR) is 58.5 cm³/mol. The molecule has 2 aromatic heterocycles. The van der Waals surface area contributed by atoms with Gasteiger partial charge in [-0.2, -0.15) is 0 Å². The minimum Gasteiger partial charge on any atom is -0.297 e. The van der Waals surface area contributed by atoms with Crippen LogP contribution >= 0.6 is 11.3 Å². The van der Waals surface area contributed by atoms with Gasteiger partial charge in [0.15, 0.2) is 4.96 Å². The lowest BCUT2D eigenvalue weighted by Gasteiger charge is -1.94. The van der Waals surface area contributed by atoms with Crippen molar-refractivity contribution >= 4 is 16.3 Å². The van der Waals surface area contributed by atoms with Gasteiger partial charge in [0.2, 0.25) is 0 Å². The third-order valence-corrected chi connectivity index (χ3v) is 3.28.